The van der Waals surface area contributed by atoms with E-state index in [-0.39, 0.29) is 11.8 Å². The highest BCUT2D eigenvalue weighted by atomic mass is 16.1. The summed E-state index contributed by atoms with van der Waals surface area (Å²) in [5.41, 5.74) is 5.69. The van der Waals surface area contributed by atoms with Gasteiger partial charge in [0.05, 0.1) is 0 Å². The van der Waals surface area contributed by atoms with E-state index in [1.165, 1.54) is 25.7 Å². The van der Waals surface area contributed by atoms with Crippen molar-refractivity contribution in [2.24, 2.45) is 23.5 Å². The number of amides is 1. The Hall–Kier alpha value is -0.570. The van der Waals surface area contributed by atoms with Crippen molar-refractivity contribution in [3.8, 4) is 0 Å². The van der Waals surface area contributed by atoms with Crippen LogP contribution in [0.25, 0.3) is 0 Å². The van der Waals surface area contributed by atoms with Crippen molar-refractivity contribution in [2.45, 2.75) is 65.2 Å². The number of unbranched alkanes of at least 4 members (excludes halogenated alkanes) is 1. The van der Waals surface area contributed by atoms with Crippen LogP contribution in [-0.2, 0) is 4.79 Å². The molecule has 0 spiro atoms. The van der Waals surface area contributed by atoms with Crippen LogP contribution in [0.3, 0.4) is 0 Å². The Labute approximate surface area is 118 Å². The third kappa shape index (κ3) is 5.94. The van der Waals surface area contributed by atoms with Gasteiger partial charge in [0, 0.05) is 12.5 Å². The molecule has 1 rings (SSSR count). The van der Waals surface area contributed by atoms with Crippen LogP contribution in [0.1, 0.15) is 65.2 Å². The van der Waals surface area contributed by atoms with Gasteiger partial charge in [0.25, 0.3) is 0 Å². The van der Waals surface area contributed by atoms with Gasteiger partial charge in [-0.1, -0.05) is 33.1 Å². The third-order valence-electron chi connectivity index (χ3n) is 4.66. The Morgan fingerprint density at radius 3 is 2.47 bits per heavy atom. The van der Waals surface area contributed by atoms with Crippen LogP contribution in [0.2, 0.25) is 0 Å². The van der Waals surface area contributed by atoms with Crippen molar-refractivity contribution >= 4 is 5.91 Å². The normalized spacial score (nSPS) is 25.0. The van der Waals surface area contributed by atoms with E-state index in [2.05, 4.69) is 19.2 Å². The lowest BCUT2D eigenvalue weighted by Crippen LogP contribution is -2.36. The second-order valence-electron chi connectivity index (χ2n) is 6.12. The van der Waals surface area contributed by atoms with Gasteiger partial charge in [-0.3, -0.25) is 4.79 Å². The standard InChI is InChI=1S/C16H32N2O/c1-3-5-6-13(4-2)12-18-16(19)15-9-7-14(11-17)8-10-15/h13-15H,3-12,17H2,1-2H3,(H,18,19). The van der Waals surface area contributed by atoms with Gasteiger partial charge in [-0.2, -0.15) is 0 Å². The van der Waals surface area contributed by atoms with Gasteiger partial charge < -0.3 is 11.1 Å². The first-order chi connectivity index (χ1) is 9.21. The van der Waals surface area contributed by atoms with E-state index in [0.717, 1.165) is 38.8 Å². The van der Waals surface area contributed by atoms with E-state index in [1.54, 1.807) is 0 Å². The maximum absolute atomic E-state index is 12.1. The zero-order valence-corrected chi connectivity index (χ0v) is 12.8. The van der Waals surface area contributed by atoms with Crippen molar-refractivity contribution in [3.63, 3.8) is 0 Å². The molecule has 1 unspecified atom stereocenters. The molecule has 1 aliphatic rings. The molecule has 3 nitrogen and oxygen atoms in total. The lowest BCUT2D eigenvalue weighted by atomic mass is 9.81. The van der Waals surface area contributed by atoms with Crippen molar-refractivity contribution < 1.29 is 4.79 Å². The molecule has 1 amide bonds. The molecular weight excluding hydrogens is 236 g/mol. The second kappa shape index (κ2) is 9.35. The molecule has 0 aromatic heterocycles. The second-order valence-corrected chi connectivity index (χ2v) is 6.12. The van der Waals surface area contributed by atoms with Gasteiger partial charge in [-0.05, 0) is 50.5 Å². The summed E-state index contributed by atoms with van der Waals surface area (Å²) in [6.45, 7) is 6.09. The largest absolute Gasteiger partial charge is 0.356 e. The number of carbonyl (C=O) groups excluding carboxylic acids is 1. The fourth-order valence-corrected chi connectivity index (χ4v) is 2.99. The Balaban J connectivity index is 2.23. The number of nitrogens with one attached hydrogen (secondary N) is 1. The van der Waals surface area contributed by atoms with Crippen LogP contribution in [0.15, 0.2) is 0 Å². The van der Waals surface area contributed by atoms with E-state index >= 15 is 0 Å². The van der Waals surface area contributed by atoms with Crippen molar-refractivity contribution in [1.29, 1.82) is 0 Å². The minimum absolute atomic E-state index is 0.242. The van der Waals surface area contributed by atoms with Crippen molar-refractivity contribution in [2.75, 3.05) is 13.1 Å². The minimum Gasteiger partial charge on any atom is -0.356 e. The van der Waals surface area contributed by atoms with Crippen LogP contribution in [-0.4, -0.2) is 19.0 Å². The first-order valence-corrected chi connectivity index (χ1v) is 8.18. The quantitative estimate of drug-likeness (QED) is 0.711. The van der Waals surface area contributed by atoms with Crippen molar-refractivity contribution in [3.05, 3.63) is 0 Å². The SMILES string of the molecule is CCCCC(CC)CNC(=O)C1CCC(CN)CC1. The Bertz CT molecular complexity index is 247. The molecule has 3 heteroatoms. The van der Waals surface area contributed by atoms with E-state index in [0.29, 0.717) is 11.8 Å². The molecule has 1 atom stereocenters. The van der Waals surface area contributed by atoms with Gasteiger partial charge in [0.15, 0.2) is 0 Å². The molecule has 1 aliphatic carbocycles. The number of rotatable bonds is 8. The Morgan fingerprint density at radius 1 is 1.26 bits per heavy atom. The van der Waals surface area contributed by atoms with Gasteiger partial charge >= 0.3 is 0 Å². The average Bonchev–Trinajstić information content (AvgIpc) is 2.47. The zero-order chi connectivity index (χ0) is 14.1. The molecule has 1 fully saturated rings. The fraction of sp³-hybridized carbons (Fsp3) is 0.938. The monoisotopic (exact) mass is 268 g/mol. The molecule has 0 aromatic carbocycles. The molecule has 112 valence electrons. The van der Waals surface area contributed by atoms with E-state index in [9.17, 15) is 4.79 Å². The van der Waals surface area contributed by atoms with Crippen LogP contribution >= 0.6 is 0 Å². The van der Waals surface area contributed by atoms with Gasteiger partial charge in [0.2, 0.25) is 5.91 Å². The zero-order valence-electron chi connectivity index (χ0n) is 12.8. The van der Waals surface area contributed by atoms with E-state index in [1.807, 2.05) is 0 Å². The average molecular weight is 268 g/mol. The van der Waals surface area contributed by atoms with Crippen LogP contribution < -0.4 is 11.1 Å². The highest BCUT2D eigenvalue weighted by Crippen LogP contribution is 2.28. The maximum Gasteiger partial charge on any atom is 0.223 e. The summed E-state index contributed by atoms with van der Waals surface area (Å²) in [7, 11) is 0. The molecule has 19 heavy (non-hydrogen) atoms. The van der Waals surface area contributed by atoms with Gasteiger partial charge in [-0.15, -0.1) is 0 Å². The molecular formula is C16H32N2O. The number of hydrogen-bond donors (Lipinski definition) is 2. The molecule has 0 radical (unpaired) electrons. The molecule has 0 aromatic rings. The number of carbonyl (C=O) groups is 1. The molecule has 1 saturated carbocycles. The predicted octanol–water partition coefficient (Wildman–Crippen LogP) is 3.08. The van der Waals surface area contributed by atoms with Crippen LogP contribution in [0.5, 0.6) is 0 Å². The first kappa shape index (κ1) is 16.5. The lowest BCUT2D eigenvalue weighted by molar-refractivity contribution is -0.126. The highest BCUT2D eigenvalue weighted by Gasteiger charge is 2.25. The topological polar surface area (TPSA) is 55.1 Å². The minimum atomic E-state index is 0.242. The molecule has 0 aliphatic heterocycles. The third-order valence-corrected chi connectivity index (χ3v) is 4.66. The molecule has 0 heterocycles. The van der Waals surface area contributed by atoms with E-state index < -0.39 is 0 Å². The first-order valence-electron chi connectivity index (χ1n) is 8.18. The summed E-state index contributed by atoms with van der Waals surface area (Å²) >= 11 is 0. The summed E-state index contributed by atoms with van der Waals surface area (Å²) in [4.78, 5) is 12.1. The maximum atomic E-state index is 12.1. The number of nitrogens with two attached hydrogens (primary N) is 1. The molecule has 3 N–H and O–H groups in total. The Kier molecular flexibility index (Phi) is 8.11. The van der Waals surface area contributed by atoms with Gasteiger partial charge in [0.1, 0.15) is 0 Å². The molecule has 0 bridgehead atoms. The Morgan fingerprint density at radius 2 is 1.95 bits per heavy atom. The summed E-state index contributed by atoms with van der Waals surface area (Å²) in [5.74, 6) is 1.83. The number of hydrogen-bond acceptors (Lipinski definition) is 2. The van der Waals surface area contributed by atoms with Gasteiger partial charge in [-0.25, -0.2) is 0 Å². The summed E-state index contributed by atoms with van der Waals surface area (Å²) < 4.78 is 0. The molecule has 0 saturated heterocycles. The fourth-order valence-electron chi connectivity index (χ4n) is 2.99. The van der Waals surface area contributed by atoms with E-state index in [4.69, 9.17) is 5.73 Å². The van der Waals surface area contributed by atoms with Crippen molar-refractivity contribution in [1.82, 2.24) is 5.32 Å². The summed E-state index contributed by atoms with van der Waals surface area (Å²) in [6, 6.07) is 0. The summed E-state index contributed by atoms with van der Waals surface area (Å²) in [6.07, 6.45) is 9.24. The lowest BCUT2D eigenvalue weighted by Gasteiger charge is -2.27. The summed E-state index contributed by atoms with van der Waals surface area (Å²) in [5, 5.41) is 3.17. The van der Waals surface area contributed by atoms with Crippen LogP contribution in [0.4, 0.5) is 0 Å². The van der Waals surface area contributed by atoms with Crippen LogP contribution in [0, 0.1) is 17.8 Å². The predicted molar refractivity (Wildman–Crippen MR) is 80.8 cm³/mol. The highest BCUT2D eigenvalue weighted by molar-refractivity contribution is 5.78. The smallest absolute Gasteiger partial charge is 0.223 e.